The van der Waals surface area contributed by atoms with Crippen LogP contribution in [0.3, 0.4) is 0 Å². The van der Waals surface area contributed by atoms with Gasteiger partial charge in [0.1, 0.15) is 5.75 Å². The van der Waals surface area contributed by atoms with E-state index in [2.05, 4.69) is 10.1 Å². The van der Waals surface area contributed by atoms with Gasteiger partial charge < -0.3 is 14.8 Å². The Hall–Kier alpha value is -2.71. The van der Waals surface area contributed by atoms with Gasteiger partial charge in [0, 0.05) is 7.05 Å². The number of nitrogens with one attached hydrogen (secondary N) is 2. The van der Waals surface area contributed by atoms with Crippen molar-refractivity contribution in [3.63, 3.8) is 0 Å². The first-order valence-corrected chi connectivity index (χ1v) is 6.12. The number of hydrogen-bond acceptors (Lipinski definition) is 5. The Labute approximate surface area is 124 Å². The lowest BCUT2D eigenvalue weighted by Crippen LogP contribution is -2.43. The first-order chi connectivity index (χ1) is 10.3. The number of imide groups is 1. The Morgan fingerprint density at radius 3 is 2.23 bits per heavy atom. The second kappa shape index (κ2) is 7.91. The minimum atomic E-state index is -2.97. The molecule has 0 heterocycles. The molecule has 2 N–H and O–H groups in total. The van der Waals surface area contributed by atoms with E-state index >= 15 is 0 Å². The zero-order valence-electron chi connectivity index (χ0n) is 11.8. The maximum atomic E-state index is 12.0. The number of rotatable bonds is 5. The number of urea groups is 1. The van der Waals surface area contributed by atoms with Crippen LogP contribution in [0.15, 0.2) is 24.3 Å². The van der Waals surface area contributed by atoms with Gasteiger partial charge in [0.05, 0.1) is 5.56 Å². The first-order valence-electron chi connectivity index (χ1n) is 6.12. The third kappa shape index (κ3) is 5.35. The molecule has 22 heavy (non-hydrogen) atoms. The molecule has 120 valence electrons. The summed E-state index contributed by atoms with van der Waals surface area (Å²) in [6, 6.07) is 4.02. The summed E-state index contributed by atoms with van der Waals surface area (Å²) in [6.45, 7) is -1.68. The molecule has 1 aromatic carbocycles. The van der Waals surface area contributed by atoms with Crippen LogP contribution < -0.4 is 15.4 Å². The Morgan fingerprint density at radius 2 is 1.73 bits per heavy atom. The summed E-state index contributed by atoms with van der Waals surface area (Å²) in [7, 11) is 1.32. The van der Waals surface area contributed by atoms with Crippen LogP contribution in [-0.4, -0.2) is 37.7 Å². The first kappa shape index (κ1) is 17.3. The predicted octanol–water partition coefficient (Wildman–Crippen LogP) is 1.29. The Bertz CT molecular complexity index is 548. The molecule has 0 aliphatic carbocycles. The number of benzene rings is 1. The van der Waals surface area contributed by atoms with Gasteiger partial charge >= 0.3 is 18.6 Å². The van der Waals surface area contributed by atoms with Crippen LogP contribution in [0.5, 0.6) is 5.75 Å². The third-order valence-electron chi connectivity index (χ3n) is 2.43. The summed E-state index contributed by atoms with van der Waals surface area (Å²) in [4.78, 5) is 34.2. The Kier molecular flexibility index (Phi) is 6.24. The van der Waals surface area contributed by atoms with E-state index in [1.54, 1.807) is 0 Å². The molecule has 3 amide bonds. The third-order valence-corrected chi connectivity index (χ3v) is 2.43. The number of halogens is 2. The minimum absolute atomic E-state index is 0.0428. The molecule has 0 fully saturated rings. The number of amides is 3. The maximum Gasteiger partial charge on any atom is 0.387 e. The van der Waals surface area contributed by atoms with E-state index in [0.29, 0.717) is 0 Å². The van der Waals surface area contributed by atoms with Gasteiger partial charge in [-0.1, -0.05) is 0 Å². The molecular formula is C13H14F2N2O5. The van der Waals surface area contributed by atoms with Crippen LogP contribution in [-0.2, 0) is 9.53 Å². The molecule has 0 unspecified atom stereocenters. The van der Waals surface area contributed by atoms with Gasteiger partial charge in [0.2, 0.25) is 0 Å². The smallest absolute Gasteiger partial charge is 0.387 e. The zero-order chi connectivity index (χ0) is 16.7. The average Bonchev–Trinajstić information content (AvgIpc) is 2.46. The van der Waals surface area contributed by atoms with Gasteiger partial charge in [-0.25, -0.2) is 9.59 Å². The fourth-order valence-electron chi connectivity index (χ4n) is 1.33. The van der Waals surface area contributed by atoms with E-state index in [1.807, 2.05) is 5.32 Å². The molecular weight excluding hydrogens is 302 g/mol. The van der Waals surface area contributed by atoms with Crippen LogP contribution in [0.2, 0.25) is 0 Å². The predicted molar refractivity (Wildman–Crippen MR) is 70.5 cm³/mol. The van der Waals surface area contributed by atoms with Crippen LogP contribution in [0.1, 0.15) is 17.3 Å². The fourth-order valence-corrected chi connectivity index (χ4v) is 1.33. The number of hydrogen-bond donors (Lipinski definition) is 2. The average molecular weight is 316 g/mol. The highest BCUT2D eigenvalue weighted by Gasteiger charge is 2.20. The van der Waals surface area contributed by atoms with Crippen molar-refractivity contribution >= 4 is 17.9 Å². The second-order valence-electron chi connectivity index (χ2n) is 4.02. The van der Waals surface area contributed by atoms with Crippen molar-refractivity contribution in [1.82, 2.24) is 10.6 Å². The minimum Gasteiger partial charge on any atom is -0.449 e. The Morgan fingerprint density at radius 1 is 1.14 bits per heavy atom. The fraction of sp³-hybridized carbons (Fsp3) is 0.308. The number of esters is 1. The molecule has 0 aromatic heterocycles. The summed E-state index contributed by atoms with van der Waals surface area (Å²) in [6.07, 6.45) is -1.21. The number of ether oxygens (including phenoxy) is 2. The largest absolute Gasteiger partial charge is 0.449 e. The molecule has 0 aliphatic heterocycles. The molecule has 0 radical (unpaired) electrons. The van der Waals surface area contributed by atoms with Crippen molar-refractivity contribution in [2.24, 2.45) is 0 Å². The summed E-state index contributed by atoms with van der Waals surface area (Å²) < 4.78 is 32.9. The van der Waals surface area contributed by atoms with Crippen LogP contribution >= 0.6 is 0 Å². The van der Waals surface area contributed by atoms with E-state index in [4.69, 9.17) is 4.74 Å². The van der Waals surface area contributed by atoms with E-state index in [9.17, 15) is 23.2 Å². The molecule has 0 aliphatic rings. The van der Waals surface area contributed by atoms with Gasteiger partial charge in [0.25, 0.3) is 5.91 Å². The lowest BCUT2D eigenvalue weighted by Gasteiger charge is -2.13. The standard InChI is InChI=1S/C13H14F2N2O5/c1-7(10(18)17-13(20)16-2)21-11(19)8-3-5-9(6-4-8)22-12(14)15/h3-7,12H,1-2H3,(H2,16,17,18,20)/t7-/m0/s1. The maximum absolute atomic E-state index is 12.0. The van der Waals surface area contributed by atoms with Crippen LogP contribution in [0.25, 0.3) is 0 Å². The summed E-state index contributed by atoms with van der Waals surface area (Å²) >= 11 is 0. The molecule has 1 rings (SSSR count). The van der Waals surface area contributed by atoms with Gasteiger partial charge in [-0.2, -0.15) is 8.78 Å². The molecule has 0 saturated heterocycles. The van der Waals surface area contributed by atoms with Crippen molar-refractivity contribution in [2.75, 3.05) is 7.05 Å². The topological polar surface area (TPSA) is 93.7 Å². The molecule has 0 bridgehead atoms. The number of alkyl halides is 2. The van der Waals surface area contributed by atoms with E-state index in [0.717, 1.165) is 12.1 Å². The normalized spacial score (nSPS) is 11.5. The quantitative estimate of drug-likeness (QED) is 0.798. The summed E-state index contributed by atoms with van der Waals surface area (Å²) in [5.41, 5.74) is 0.0428. The second-order valence-corrected chi connectivity index (χ2v) is 4.02. The Balaban J connectivity index is 2.60. The highest BCUT2D eigenvalue weighted by Crippen LogP contribution is 2.15. The van der Waals surface area contributed by atoms with Crippen molar-refractivity contribution in [3.05, 3.63) is 29.8 Å². The lowest BCUT2D eigenvalue weighted by molar-refractivity contribution is -0.127. The van der Waals surface area contributed by atoms with E-state index in [1.165, 1.54) is 26.1 Å². The van der Waals surface area contributed by atoms with Gasteiger partial charge in [-0.15, -0.1) is 0 Å². The molecule has 7 nitrogen and oxygen atoms in total. The van der Waals surface area contributed by atoms with Crippen molar-refractivity contribution in [3.8, 4) is 5.75 Å². The monoisotopic (exact) mass is 316 g/mol. The lowest BCUT2D eigenvalue weighted by atomic mass is 10.2. The highest BCUT2D eigenvalue weighted by molar-refractivity contribution is 5.98. The molecule has 0 saturated carbocycles. The number of carbonyl (C=O) groups excluding carboxylic acids is 3. The molecule has 9 heteroatoms. The molecule has 1 aromatic rings. The SMILES string of the molecule is CNC(=O)NC(=O)[C@H](C)OC(=O)c1ccc(OC(F)F)cc1. The van der Waals surface area contributed by atoms with E-state index in [-0.39, 0.29) is 11.3 Å². The number of carbonyl (C=O) groups is 3. The molecule has 0 spiro atoms. The van der Waals surface area contributed by atoms with Gasteiger partial charge in [-0.3, -0.25) is 10.1 Å². The van der Waals surface area contributed by atoms with Crippen molar-refractivity contribution < 1.29 is 32.6 Å². The summed E-state index contributed by atoms with van der Waals surface area (Å²) in [5.74, 6) is -1.76. The van der Waals surface area contributed by atoms with Crippen LogP contribution in [0, 0.1) is 0 Å². The zero-order valence-corrected chi connectivity index (χ0v) is 11.8. The molecule has 1 atom stereocenters. The van der Waals surface area contributed by atoms with Gasteiger partial charge in [-0.05, 0) is 31.2 Å². The summed E-state index contributed by atoms with van der Waals surface area (Å²) in [5, 5.41) is 4.12. The van der Waals surface area contributed by atoms with Crippen LogP contribution in [0.4, 0.5) is 13.6 Å². The van der Waals surface area contributed by atoms with E-state index < -0.39 is 30.6 Å². The van der Waals surface area contributed by atoms with Crippen molar-refractivity contribution in [2.45, 2.75) is 19.6 Å². The van der Waals surface area contributed by atoms with Crippen molar-refractivity contribution in [1.29, 1.82) is 0 Å². The van der Waals surface area contributed by atoms with Gasteiger partial charge in [0.15, 0.2) is 6.10 Å². The highest BCUT2D eigenvalue weighted by atomic mass is 19.3.